The van der Waals surface area contributed by atoms with Crippen molar-refractivity contribution in [2.45, 2.75) is 50.4 Å². The van der Waals surface area contributed by atoms with Crippen LogP contribution in [-0.2, 0) is 6.42 Å². The Hall–Kier alpha value is -2.93. The number of carbonyl (C=O) groups is 1. The highest BCUT2D eigenvalue weighted by Gasteiger charge is 2.47. The topological polar surface area (TPSA) is 83.5 Å². The van der Waals surface area contributed by atoms with Crippen LogP contribution in [0.5, 0.6) is 28.7 Å². The van der Waals surface area contributed by atoms with Crippen LogP contribution >= 0.6 is 0 Å². The highest BCUT2D eigenvalue weighted by atomic mass is 16.5. The Morgan fingerprint density at radius 2 is 1.87 bits per heavy atom. The minimum atomic E-state index is -0.963. The summed E-state index contributed by atoms with van der Waals surface area (Å²) >= 11 is 0. The fourth-order valence-corrected chi connectivity index (χ4v) is 4.64. The zero-order chi connectivity index (χ0) is 21.9. The molecule has 0 saturated carbocycles. The molecular weight excluding hydrogens is 400 g/mol. The van der Waals surface area contributed by atoms with Crippen LogP contribution in [0.15, 0.2) is 24.3 Å². The number of carbonyl (C=O) groups excluding carboxylic acids is 1. The van der Waals surface area contributed by atoms with Gasteiger partial charge in [-0.2, -0.15) is 0 Å². The lowest BCUT2D eigenvalue weighted by molar-refractivity contribution is -0.0406. The first kappa shape index (κ1) is 20.0. The van der Waals surface area contributed by atoms with Gasteiger partial charge in [0.1, 0.15) is 36.1 Å². The normalized spacial score (nSPS) is 24.9. The molecule has 0 unspecified atom stereocenters. The van der Waals surface area contributed by atoms with Crippen molar-refractivity contribution in [2.75, 3.05) is 20.8 Å². The lowest BCUT2D eigenvalue weighted by Gasteiger charge is -2.37. The Labute approximate surface area is 180 Å². The first-order valence-corrected chi connectivity index (χ1v) is 10.5. The lowest BCUT2D eigenvalue weighted by Crippen LogP contribution is -2.43. The molecule has 7 heteroatoms. The van der Waals surface area contributed by atoms with Crippen LogP contribution in [0.25, 0.3) is 0 Å². The van der Waals surface area contributed by atoms with Crippen LogP contribution in [0, 0.1) is 0 Å². The molecule has 31 heavy (non-hydrogen) atoms. The van der Waals surface area contributed by atoms with Gasteiger partial charge in [-0.3, -0.25) is 4.79 Å². The number of rotatable bonds is 4. The second kappa shape index (κ2) is 7.05. The van der Waals surface area contributed by atoms with E-state index in [4.69, 9.17) is 23.7 Å². The third-order valence-electron chi connectivity index (χ3n) is 6.73. The van der Waals surface area contributed by atoms with Gasteiger partial charge in [0.25, 0.3) is 0 Å². The third-order valence-corrected chi connectivity index (χ3v) is 6.73. The van der Waals surface area contributed by atoms with Crippen molar-refractivity contribution in [1.82, 2.24) is 0 Å². The molecule has 0 saturated heterocycles. The van der Waals surface area contributed by atoms with Crippen molar-refractivity contribution in [3.63, 3.8) is 0 Å². The number of methoxy groups -OCH3 is 2. The zero-order valence-electron chi connectivity index (χ0n) is 18.1. The number of hydrogen-bond donors (Lipinski definition) is 1. The van der Waals surface area contributed by atoms with Crippen LogP contribution in [0.1, 0.15) is 47.7 Å². The number of ketones is 1. The van der Waals surface area contributed by atoms with Crippen molar-refractivity contribution < 1.29 is 33.6 Å². The van der Waals surface area contributed by atoms with Crippen molar-refractivity contribution in [3.05, 3.63) is 41.0 Å². The first-order valence-electron chi connectivity index (χ1n) is 10.5. The largest absolute Gasteiger partial charge is 0.493 e. The summed E-state index contributed by atoms with van der Waals surface area (Å²) in [5.74, 6) is 2.38. The number of hydrogen-bond acceptors (Lipinski definition) is 7. The van der Waals surface area contributed by atoms with Gasteiger partial charge in [0.15, 0.2) is 17.3 Å². The van der Waals surface area contributed by atoms with E-state index in [1.165, 1.54) is 0 Å². The van der Waals surface area contributed by atoms with Gasteiger partial charge in [-0.05, 0) is 31.5 Å². The number of aliphatic hydroxyl groups is 1. The average molecular weight is 426 g/mol. The van der Waals surface area contributed by atoms with Gasteiger partial charge in [-0.1, -0.05) is 6.92 Å². The predicted molar refractivity (Wildman–Crippen MR) is 112 cm³/mol. The van der Waals surface area contributed by atoms with E-state index >= 15 is 0 Å². The summed E-state index contributed by atoms with van der Waals surface area (Å²) in [5.41, 5.74) is 1.13. The molecule has 7 nitrogen and oxygen atoms in total. The second-order valence-electron chi connectivity index (χ2n) is 8.49. The molecule has 2 aromatic carbocycles. The van der Waals surface area contributed by atoms with E-state index < -0.39 is 17.6 Å². The second-order valence-corrected chi connectivity index (χ2v) is 8.49. The number of ether oxygens (including phenoxy) is 5. The number of benzene rings is 2. The SMILES string of the molecule is CC[C@@](C)(O)[C@H]1Cc2c(ccc3c2O[C@@H]2COc4cc(OC)c(OC)cc4[C@@H]2C3=O)O1. The Bertz CT molecular complexity index is 1060. The van der Waals surface area contributed by atoms with Crippen LogP contribution < -0.4 is 23.7 Å². The molecule has 3 heterocycles. The molecule has 0 radical (unpaired) electrons. The van der Waals surface area contributed by atoms with Gasteiger partial charge in [0.05, 0.1) is 31.3 Å². The van der Waals surface area contributed by atoms with Crippen LogP contribution in [0.3, 0.4) is 0 Å². The zero-order valence-corrected chi connectivity index (χ0v) is 18.1. The van der Waals surface area contributed by atoms with Gasteiger partial charge in [0, 0.05) is 23.6 Å². The summed E-state index contributed by atoms with van der Waals surface area (Å²) in [4.78, 5) is 13.6. The molecule has 3 aliphatic heterocycles. The van der Waals surface area contributed by atoms with Gasteiger partial charge in [0.2, 0.25) is 0 Å². The van der Waals surface area contributed by atoms with E-state index in [-0.39, 0.29) is 18.5 Å². The quantitative estimate of drug-likeness (QED) is 0.803. The Morgan fingerprint density at radius 3 is 2.58 bits per heavy atom. The van der Waals surface area contributed by atoms with Crippen molar-refractivity contribution >= 4 is 5.78 Å². The number of fused-ring (bicyclic) bond motifs is 6. The molecule has 0 aliphatic carbocycles. The monoisotopic (exact) mass is 426 g/mol. The average Bonchev–Trinajstić information content (AvgIpc) is 3.23. The fraction of sp³-hybridized carbons (Fsp3) is 0.458. The Morgan fingerprint density at radius 1 is 1.13 bits per heavy atom. The minimum Gasteiger partial charge on any atom is -0.493 e. The molecule has 4 atom stereocenters. The van der Waals surface area contributed by atoms with E-state index in [1.807, 2.05) is 6.92 Å². The summed E-state index contributed by atoms with van der Waals surface area (Å²) in [7, 11) is 3.12. The highest BCUT2D eigenvalue weighted by Crippen LogP contribution is 2.50. The Balaban J connectivity index is 1.55. The molecule has 0 bridgehead atoms. The Kier molecular flexibility index (Phi) is 4.55. The first-order chi connectivity index (χ1) is 14.9. The molecule has 5 rings (SSSR count). The van der Waals surface area contributed by atoms with E-state index in [0.29, 0.717) is 47.2 Å². The maximum Gasteiger partial charge on any atom is 0.178 e. The molecule has 164 valence electrons. The number of Topliss-reactive ketones (excluding diaryl/α,β-unsaturated/α-hetero) is 1. The molecule has 1 N–H and O–H groups in total. The van der Waals surface area contributed by atoms with Crippen LogP contribution in [0.2, 0.25) is 0 Å². The van der Waals surface area contributed by atoms with E-state index in [0.717, 1.165) is 11.1 Å². The minimum absolute atomic E-state index is 0.0171. The summed E-state index contributed by atoms with van der Waals surface area (Å²) < 4.78 is 29.1. The molecule has 2 aromatic rings. The van der Waals surface area contributed by atoms with Crippen molar-refractivity contribution in [1.29, 1.82) is 0 Å². The van der Waals surface area contributed by atoms with Crippen molar-refractivity contribution in [2.24, 2.45) is 0 Å². The summed E-state index contributed by atoms with van der Waals surface area (Å²) in [6.45, 7) is 3.94. The third kappa shape index (κ3) is 2.94. The smallest absolute Gasteiger partial charge is 0.178 e. The van der Waals surface area contributed by atoms with Gasteiger partial charge in [-0.15, -0.1) is 0 Å². The molecule has 0 amide bonds. The van der Waals surface area contributed by atoms with Gasteiger partial charge in [-0.25, -0.2) is 0 Å². The predicted octanol–water partition coefficient (Wildman–Crippen LogP) is 3.29. The molecule has 0 aromatic heterocycles. The maximum absolute atomic E-state index is 13.6. The van der Waals surface area contributed by atoms with E-state index in [2.05, 4.69) is 0 Å². The lowest BCUT2D eigenvalue weighted by atomic mass is 9.81. The van der Waals surface area contributed by atoms with E-state index in [9.17, 15) is 9.90 Å². The van der Waals surface area contributed by atoms with Gasteiger partial charge < -0.3 is 28.8 Å². The van der Waals surface area contributed by atoms with Gasteiger partial charge >= 0.3 is 0 Å². The standard InChI is InChI=1S/C24H26O7/c1-5-24(2,26)20-9-14-15(30-20)7-6-12-22(25)21-13-8-17(27-3)18(28-4)10-16(13)29-11-19(21)31-23(12)14/h6-8,10,19-21,26H,5,9,11H2,1-4H3/t19-,20-,21+,24-/m1/s1. The molecule has 0 fully saturated rings. The maximum atomic E-state index is 13.6. The molecule has 0 spiro atoms. The van der Waals surface area contributed by atoms with Crippen LogP contribution in [0.4, 0.5) is 0 Å². The fourth-order valence-electron chi connectivity index (χ4n) is 4.64. The molecular formula is C24H26O7. The summed E-state index contributed by atoms with van der Waals surface area (Å²) in [5, 5.41) is 10.7. The van der Waals surface area contributed by atoms with Crippen LogP contribution in [-0.4, -0.2) is 49.5 Å². The summed E-state index contributed by atoms with van der Waals surface area (Å²) in [6, 6.07) is 7.10. The van der Waals surface area contributed by atoms with Crippen molar-refractivity contribution in [3.8, 4) is 28.7 Å². The summed E-state index contributed by atoms with van der Waals surface area (Å²) in [6.07, 6.45) is 0.221. The molecule has 3 aliphatic rings. The highest BCUT2D eigenvalue weighted by molar-refractivity contribution is 6.06. The van der Waals surface area contributed by atoms with E-state index in [1.54, 1.807) is 45.4 Å².